The lowest BCUT2D eigenvalue weighted by atomic mass is 10.0. The molecule has 0 saturated heterocycles. The molecule has 3 aromatic rings. The van der Waals surface area contributed by atoms with Gasteiger partial charge in [0.05, 0.1) is 11.1 Å². The molecule has 31 heavy (non-hydrogen) atoms. The Bertz CT molecular complexity index is 1050. The maximum Gasteiger partial charge on any atom is 0.416 e. The molecule has 1 aromatic heterocycles. The number of nitrogens with zero attached hydrogens (tertiary/aromatic N) is 1. The second-order valence-electron chi connectivity index (χ2n) is 6.20. The van der Waals surface area contributed by atoms with E-state index in [0.717, 1.165) is 6.21 Å². The van der Waals surface area contributed by atoms with E-state index in [9.17, 15) is 26.3 Å². The van der Waals surface area contributed by atoms with Gasteiger partial charge in [0.2, 0.25) is 0 Å². The largest absolute Gasteiger partial charge is 0.455 e. The average molecular weight is 482 g/mol. The summed E-state index contributed by atoms with van der Waals surface area (Å²) in [5, 5.41) is 4.38. The highest BCUT2D eigenvalue weighted by Gasteiger charge is 2.37. The zero-order valence-electron chi connectivity index (χ0n) is 15.2. The number of oxime groups is 1. The van der Waals surface area contributed by atoms with Gasteiger partial charge in [0, 0.05) is 21.2 Å². The standard InChI is InChI=1S/C20H11Cl2F6NO2/c21-16-2-1-3-17(22)15(16)10-30-29-9-14-4-5-18(31-14)11-6-12(19(23,24)25)8-13(7-11)20(26,27)28/h1-9H,10H2/b29-9-. The van der Waals surface area contributed by atoms with Crippen LogP contribution in [-0.4, -0.2) is 6.21 Å². The Morgan fingerprint density at radius 2 is 1.45 bits per heavy atom. The second-order valence-corrected chi connectivity index (χ2v) is 7.02. The first-order valence-electron chi connectivity index (χ1n) is 8.43. The lowest BCUT2D eigenvalue weighted by Gasteiger charge is -2.13. The van der Waals surface area contributed by atoms with Crippen molar-refractivity contribution in [3.8, 4) is 11.3 Å². The molecule has 0 spiro atoms. The fourth-order valence-electron chi connectivity index (χ4n) is 2.54. The third-order valence-electron chi connectivity index (χ3n) is 4.02. The summed E-state index contributed by atoms with van der Waals surface area (Å²) in [7, 11) is 0. The van der Waals surface area contributed by atoms with Gasteiger partial charge in [0.15, 0.2) is 0 Å². The molecule has 0 aliphatic heterocycles. The van der Waals surface area contributed by atoms with E-state index >= 15 is 0 Å². The number of rotatable bonds is 5. The highest BCUT2D eigenvalue weighted by molar-refractivity contribution is 6.35. The van der Waals surface area contributed by atoms with Crippen molar-refractivity contribution in [1.29, 1.82) is 0 Å². The Hall–Kier alpha value is -2.65. The molecule has 11 heteroatoms. The molecule has 0 aliphatic rings. The lowest BCUT2D eigenvalue weighted by Crippen LogP contribution is -2.11. The minimum atomic E-state index is -4.96. The summed E-state index contributed by atoms with van der Waals surface area (Å²) >= 11 is 12.0. The van der Waals surface area contributed by atoms with Crippen LogP contribution < -0.4 is 0 Å². The van der Waals surface area contributed by atoms with Crippen molar-refractivity contribution < 1.29 is 35.6 Å². The van der Waals surface area contributed by atoms with Crippen molar-refractivity contribution in [1.82, 2.24) is 0 Å². The first-order chi connectivity index (χ1) is 14.4. The lowest BCUT2D eigenvalue weighted by molar-refractivity contribution is -0.143. The Kier molecular flexibility index (Phi) is 6.56. The molecule has 0 N–H and O–H groups in total. The molecule has 0 unspecified atom stereocenters. The van der Waals surface area contributed by atoms with Crippen LogP contribution in [0.25, 0.3) is 11.3 Å². The number of hydrogen-bond acceptors (Lipinski definition) is 3. The number of alkyl halides is 6. The average Bonchev–Trinajstić information content (AvgIpc) is 3.14. The van der Waals surface area contributed by atoms with E-state index in [1.807, 2.05) is 0 Å². The second kappa shape index (κ2) is 8.84. The number of hydrogen-bond donors (Lipinski definition) is 0. The van der Waals surface area contributed by atoms with Gasteiger partial charge >= 0.3 is 12.4 Å². The van der Waals surface area contributed by atoms with Crippen LogP contribution in [0.15, 0.2) is 58.1 Å². The van der Waals surface area contributed by atoms with E-state index in [-0.39, 0.29) is 29.8 Å². The molecule has 2 aromatic carbocycles. The molecule has 0 atom stereocenters. The van der Waals surface area contributed by atoms with Crippen molar-refractivity contribution in [3.63, 3.8) is 0 Å². The van der Waals surface area contributed by atoms with E-state index < -0.39 is 23.5 Å². The highest BCUT2D eigenvalue weighted by atomic mass is 35.5. The van der Waals surface area contributed by atoms with E-state index in [0.29, 0.717) is 27.7 Å². The molecular formula is C20H11Cl2F6NO2. The molecule has 0 amide bonds. The summed E-state index contributed by atoms with van der Waals surface area (Å²) in [5.74, 6) is -0.154. The van der Waals surface area contributed by atoms with Gasteiger partial charge in [-0.25, -0.2) is 0 Å². The summed E-state index contributed by atoms with van der Waals surface area (Å²) in [6.45, 7) is -0.0643. The van der Waals surface area contributed by atoms with Gasteiger partial charge in [0.1, 0.15) is 24.3 Å². The van der Waals surface area contributed by atoms with Crippen LogP contribution in [0.2, 0.25) is 10.0 Å². The third-order valence-corrected chi connectivity index (χ3v) is 4.73. The van der Waals surface area contributed by atoms with Crippen LogP contribution in [0.4, 0.5) is 26.3 Å². The predicted octanol–water partition coefficient (Wildman–Crippen LogP) is 7.84. The van der Waals surface area contributed by atoms with Gasteiger partial charge in [-0.1, -0.05) is 34.4 Å². The van der Waals surface area contributed by atoms with Crippen molar-refractivity contribution >= 4 is 29.4 Å². The Morgan fingerprint density at radius 1 is 0.871 bits per heavy atom. The molecule has 3 nitrogen and oxygen atoms in total. The zero-order chi connectivity index (χ0) is 22.8. The molecule has 1 heterocycles. The Morgan fingerprint density at radius 3 is 2.00 bits per heavy atom. The van der Waals surface area contributed by atoms with Crippen LogP contribution in [0, 0.1) is 0 Å². The molecule has 0 saturated carbocycles. The number of furan rings is 1. The molecule has 0 radical (unpaired) electrons. The molecule has 0 fully saturated rings. The summed E-state index contributed by atoms with van der Waals surface area (Å²) in [6.07, 6.45) is -8.81. The molecule has 0 bridgehead atoms. The third kappa shape index (κ3) is 5.74. The van der Waals surface area contributed by atoms with Crippen LogP contribution >= 0.6 is 23.2 Å². The van der Waals surface area contributed by atoms with E-state index in [1.165, 1.54) is 12.1 Å². The topological polar surface area (TPSA) is 34.7 Å². The number of benzene rings is 2. The van der Waals surface area contributed by atoms with Crippen molar-refractivity contribution in [2.75, 3.05) is 0 Å². The summed E-state index contributed by atoms with van der Waals surface area (Å²) in [5.41, 5.74) is -2.77. The minimum absolute atomic E-state index is 0.0441. The SMILES string of the molecule is FC(F)(F)c1cc(-c2ccc(/C=N\OCc3c(Cl)cccc3Cl)o2)cc(C(F)(F)F)c1. The first-order valence-corrected chi connectivity index (χ1v) is 9.18. The van der Waals surface area contributed by atoms with Gasteiger partial charge < -0.3 is 9.25 Å². The van der Waals surface area contributed by atoms with Crippen LogP contribution in [0.5, 0.6) is 0 Å². The fraction of sp³-hybridized carbons (Fsp3) is 0.150. The fourth-order valence-corrected chi connectivity index (χ4v) is 3.04. The molecule has 164 valence electrons. The number of halogens is 8. The minimum Gasteiger partial charge on any atom is -0.455 e. The monoisotopic (exact) mass is 481 g/mol. The van der Waals surface area contributed by atoms with Crippen molar-refractivity contribution in [3.05, 3.63) is 81.0 Å². The summed E-state index contributed by atoms with van der Waals surface area (Å²) < 4.78 is 83.3. The predicted molar refractivity (Wildman–Crippen MR) is 103 cm³/mol. The maximum atomic E-state index is 13.0. The van der Waals surface area contributed by atoms with Gasteiger partial charge in [0.25, 0.3) is 0 Å². The first kappa shape index (κ1) is 23.0. The van der Waals surface area contributed by atoms with E-state index in [1.54, 1.807) is 18.2 Å². The zero-order valence-corrected chi connectivity index (χ0v) is 16.7. The highest BCUT2D eigenvalue weighted by Crippen LogP contribution is 2.38. The van der Waals surface area contributed by atoms with Crippen LogP contribution in [0.1, 0.15) is 22.5 Å². The Balaban J connectivity index is 1.79. The smallest absolute Gasteiger partial charge is 0.416 e. The normalized spacial score (nSPS) is 12.5. The van der Waals surface area contributed by atoms with E-state index in [2.05, 4.69) is 5.16 Å². The Labute approximate surface area is 181 Å². The van der Waals surface area contributed by atoms with Gasteiger partial charge in [-0.05, 0) is 42.5 Å². The molecule has 3 rings (SSSR count). The van der Waals surface area contributed by atoms with Crippen molar-refractivity contribution in [2.24, 2.45) is 5.16 Å². The van der Waals surface area contributed by atoms with Crippen LogP contribution in [0.3, 0.4) is 0 Å². The quantitative estimate of drug-likeness (QED) is 0.211. The van der Waals surface area contributed by atoms with Gasteiger partial charge in [-0.2, -0.15) is 26.3 Å². The summed E-state index contributed by atoms with van der Waals surface area (Å²) in [4.78, 5) is 5.07. The molecular weight excluding hydrogens is 471 g/mol. The van der Waals surface area contributed by atoms with Crippen molar-refractivity contribution in [2.45, 2.75) is 19.0 Å². The maximum absolute atomic E-state index is 13.0. The van der Waals surface area contributed by atoms with E-state index in [4.69, 9.17) is 32.5 Å². The van der Waals surface area contributed by atoms with Gasteiger partial charge in [-0.15, -0.1) is 0 Å². The molecule has 0 aliphatic carbocycles. The van der Waals surface area contributed by atoms with Gasteiger partial charge in [-0.3, -0.25) is 0 Å². The van der Waals surface area contributed by atoms with Crippen LogP contribution in [-0.2, 0) is 23.8 Å². The summed E-state index contributed by atoms with van der Waals surface area (Å²) in [6, 6.07) is 8.61.